The Morgan fingerprint density at radius 3 is 2.35 bits per heavy atom. The minimum atomic E-state index is -0.916. The third-order valence-electron chi connectivity index (χ3n) is 7.10. The van der Waals surface area contributed by atoms with Crippen molar-refractivity contribution in [3.63, 3.8) is 0 Å². The van der Waals surface area contributed by atoms with E-state index in [2.05, 4.69) is 9.97 Å². The lowest BCUT2D eigenvalue weighted by molar-refractivity contribution is -0.0526. The molecule has 1 heterocycles. The fraction of sp³-hybridized carbons (Fsp3) is 0.545. The number of rotatable bonds is 4. The monoisotopic (exact) mass is 350 g/mol. The molecule has 136 valence electrons. The van der Waals surface area contributed by atoms with Gasteiger partial charge in [0.2, 0.25) is 0 Å². The van der Waals surface area contributed by atoms with Crippen LogP contribution in [0.15, 0.2) is 24.3 Å². The number of carbonyl (C=O) groups is 1. The van der Waals surface area contributed by atoms with E-state index in [-0.39, 0.29) is 5.69 Å². The van der Waals surface area contributed by atoms with E-state index in [9.17, 15) is 9.90 Å². The van der Waals surface area contributed by atoms with Crippen LogP contribution in [-0.2, 0) is 6.42 Å². The zero-order valence-corrected chi connectivity index (χ0v) is 15.3. The van der Waals surface area contributed by atoms with Crippen molar-refractivity contribution in [2.24, 2.45) is 23.2 Å². The van der Waals surface area contributed by atoms with E-state index in [0.29, 0.717) is 11.2 Å². The van der Waals surface area contributed by atoms with Crippen molar-refractivity contribution in [2.75, 3.05) is 0 Å². The van der Waals surface area contributed by atoms with Crippen LogP contribution in [0.1, 0.15) is 60.3 Å². The molecule has 4 saturated carbocycles. The second kappa shape index (κ2) is 5.70. The van der Waals surface area contributed by atoms with Crippen molar-refractivity contribution < 1.29 is 9.90 Å². The molecule has 0 amide bonds. The lowest BCUT2D eigenvalue weighted by Gasteiger charge is -2.57. The van der Waals surface area contributed by atoms with Crippen molar-refractivity contribution >= 4 is 5.97 Å². The molecular formula is C22H26N2O2. The largest absolute Gasteiger partial charge is 0.476 e. The number of aromatic amines is 1. The number of aromatic nitrogens is 2. The number of H-pyrrole nitrogens is 1. The Bertz CT molecular complexity index is 831. The van der Waals surface area contributed by atoms with Crippen molar-refractivity contribution in [1.29, 1.82) is 0 Å². The first-order valence-electron chi connectivity index (χ1n) is 9.89. The van der Waals surface area contributed by atoms with E-state index in [0.717, 1.165) is 41.0 Å². The summed E-state index contributed by atoms with van der Waals surface area (Å²) in [6.45, 7) is 2.04. The minimum Gasteiger partial charge on any atom is -0.476 e. The Kier molecular flexibility index (Phi) is 3.53. The number of imidazole rings is 1. The molecule has 4 heteroatoms. The lowest BCUT2D eigenvalue weighted by Crippen LogP contribution is -2.47. The van der Waals surface area contributed by atoms with Gasteiger partial charge in [0.25, 0.3) is 0 Å². The highest BCUT2D eigenvalue weighted by Crippen LogP contribution is 2.61. The quantitative estimate of drug-likeness (QED) is 0.829. The molecule has 1 aromatic carbocycles. The van der Waals surface area contributed by atoms with Gasteiger partial charge < -0.3 is 10.1 Å². The Morgan fingerprint density at radius 2 is 1.77 bits per heavy atom. The normalized spacial score (nSPS) is 32.1. The molecule has 6 rings (SSSR count). The summed E-state index contributed by atoms with van der Waals surface area (Å²) < 4.78 is 0. The van der Waals surface area contributed by atoms with Crippen LogP contribution in [0.3, 0.4) is 0 Å². The molecule has 0 aliphatic heterocycles. The van der Waals surface area contributed by atoms with E-state index in [1.807, 2.05) is 31.2 Å². The summed E-state index contributed by atoms with van der Waals surface area (Å²) in [6, 6.07) is 8.02. The maximum Gasteiger partial charge on any atom is 0.356 e. The van der Waals surface area contributed by atoms with Crippen molar-refractivity contribution in [2.45, 2.75) is 51.9 Å². The average Bonchev–Trinajstić information content (AvgIpc) is 2.97. The van der Waals surface area contributed by atoms with Gasteiger partial charge in [0.05, 0.1) is 5.69 Å². The van der Waals surface area contributed by atoms with Crippen LogP contribution < -0.4 is 0 Å². The number of benzene rings is 1. The summed E-state index contributed by atoms with van der Waals surface area (Å²) >= 11 is 0. The minimum absolute atomic E-state index is 0.221. The van der Waals surface area contributed by atoms with E-state index in [1.165, 1.54) is 38.5 Å². The molecule has 0 spiro atoms. The molecular weight excluding hydrogens is 324 g/mol. The molecule has 0 unspecified atom stereocenters. The first-order chi connectivity index (χ1) is 12.5. The number of nitrogens with zero attached hydrogens (tertiary/aromatic N) is 1. The SMILES string of the molecule is Cc1ccccc1-c1nc(C(=O)O)c(CC23CC4CC(CC(C4)C2)C3)[nH]1. The van der Waals surface area contributed by atoms with Gasteiger partial charge in [-0.05, 0) is 80.6 Å². The van der Waals surface area contributed by atoms with Gasteiger partial charge in [0, 0.05) is 5.56 Å². The zero-order chi connectivity index (χ0) is 17.9. The van der Waals surface area contributed by atoms with Crippen molar-refractivity contribution in [3.05, 3.63) is 41.2 Å². The van der Waals surface area contributed by atoms with Crippen LogP contribution in [0.25, 0.3) is 11.4 Å². The number of carboxylic acids is 1. The number of hydrogen-bond donors (Lipinski definition) is 2. The predicted molar refractivity (Wildman–Crippen MR) is 100 cm³/mol. The number of nitrogens with one attached hydrogen (secondary N) is 1. The van der Waals surface area contributed by atoms with Crippen LogP contribution in [-0.4, -0.2) is 21.0 Å². The summed E-state index contributed by atoms with van der Waals surface area (Å²) in [6.07, 6.45) is 8.88. The third-order valence-corrected chi connectivity index (χ3v) is 7.10. The van der Waals surface area contributed by atoms with Gasteiger partial charge in [0.15, 0.2) is 5.69 Å². The topological polar surface area (TPSA) is 66.0 Å². The lowest BCUT2D eigenvalue weighted by atomic mass is 9.48. The third kappa shape index (κ3) is 2.58. The average molecular weight is 350 g/mol. The van der Waals surface area contributed by atoms with Crippen LogP contribution in [0, 0.1) is 30.1 Å². The number of carboxylic acid groups (broad SMARTS) is 1. The summed E-state index contributed by atoms with van der Waals surface area (Å²) in [5, 5.41) is 9.73. The van der Waals surface area contributed by atoms with Crippen LogP contribution in [0.4, 0.5) is 0 Å². The highest BCUT2D eigenvalue weighted by molar-refractivity contribution is 5.87. The Hall–Kier alpha value is -2.10. The van der Waals surface area contributed by atoms with Crippen LogP contribution >= 0.6 is 0 Å². The van der Waals surface area contributed by atoms with E-state index in [4.69, 9.17) is 0 Å². The highest BCUT2D eigenvalue weighted by atomic mass is 16.4. The molecule has 4 bridgehead atoms. The van der Waals surface area contributed by atoms with Crippen molar-refractivity contribution in [1.82, 2.24) is 9.97 Å². The van der Waals surface area contributed by atoms with Gasteiger partial charge in [-0.2, -0.15) is 0 Å². The molecule has 4 fully saturated rings. The predicted octanol–water partition coefficient (Wildman–Crippen LogP) is 4.84. The molecule has 2 aromatic rings. The Labute approximate surface area is 154 Å². The number of aryl methyl sites for hydroxylation is 1. The standard InChI is InChI=1S/C22H26N2O2/c1-13-4-2-3-5-17(13)20-23-18(19(24-20)21(25)26)12-22-9-14-6-15(10-22)8-16(7-14)11-22/h2-5,14-16H,6-12H2,1H3,(H,23,24)(H,25,26). The molecule has 0 atom stereocenters. The van der Waals surface area contributed by atoms with Gasteiger partial charge in [-0.15, -0.1) is 0 Å². The molecule has 0 radical (unpaired) electrons. The van der Waals surface area contributed by atoms with Gasteiger partial charge in [-0.25, -0.2) is 9.78 Å². The maximum atomic E-state index is 11.9. The number of aromatic carboxylic acids is 1. The molecule has 4 aliphatic rings. The highest BCUT2D eigenvalue weighted by Gasteiger charge is 2.51. The van der Waals surface area contributed by atoms with E-state index < -0.39 is 5.97 Å². The molecule has 4 nitrogen and oxygen atoms in total. The Morgan fingerprint density at radius 1 is 1.15 bits per heavy atom. The number of hydrogen-bond acceptors (Lipinski definition) is 2. The summed E-state index contributed by atoms with van der Waals surface area (Å²) in [5.74, 6) is 2.39. The van der Waals surface area contributed by atoms with Crippen LogP contribution in [0.5, 0.6) is 0 Å². The molecule has 26 heavy (non-hydrogen) atoms. The fourth-order valence-electron chi connectivity index (χ4n) is 6.56. The van der Waals surface area contributed by atoms with Crippen LogP contribution in [0.2, 0.25) is 0 Å². The zero-order valence-electron chi connectivity index (χ0n) is 15.3. The van der Waals surface area contributed by atoms with Gasteiger partial charge in [-0.3, -0.25) is 0 Å². The molecule has 2 N–H and O–H groups in total. The first-order valence-corrected chi connectivity index (χ1v) is 9.89. The molecule has 4 aliphatic carbocycles. The second-order valence-corrected chi connectivity index (χ2v) is 9.13. The summed E-state index contributed by atoms with van der Waals surface area (Å²) in [4.78, 5) is 19.7. The first kappa shape index (κ1) is 16.1. The van der Waals surface area contributed by atoms with Gasteiger partial charge >= 0.3 is 5.97 Å². The smallest absolute Gasteiger partial charge is 0.356 e. The van der Waals surface area contributed by atoms with E-state index >= 15 is 0 Å². The Balaban J connectivity index is 1.51. The molecule has 0 saturated heterocycles. The summed E-state index contributed by atoms with van der Waals surface area (Å²) in [5.41, 5.74) is 3.46. The van der Waals surface area contributed by atoms with E-state index in [1.54, 1.807) is 0 Å². The maximum absolute atomic E-state index is 11.9. The van der Waals surface area contributed by atoms with Crippen molar-refractivity contribution in [3.8, 4) is 11.4 Å². The second-order valence-electron chi connectivity index (χ2n) is 9.13. The van der Waals surface area contributed by atoms with Gasteiger partial charge in [0.1, 0.15) is 5.82 Å². The summed E-state index contributed by atoms with van der Waals surface area (Å²) in [7, 11) is 0. The molecule has 1 aromatic heterocycles. The fourth-order valence-corrected chi connectivity index (χ4v) is 6.56. The van der Waals surface area contributed by atoms with Gasteiger partial charge in [-0.1, -0.05) is 24.3 Å².